The third-order valence-corrected chi connectivity index (χ3v) is 0. The van der Waals surface area contributed by atoms with E-state index < -0.39 is 0 Å². The van der Waals surface area contributed by atoms with Gasteiger partial charge in [0.1, 0.15) is 0 Å². The summed E-state index contributed by atoms with van der Waals surface area (Å²) in [5.74, 6) is 0. The van der Waals surface area contributed by atoms with E-state index in [0.717, 1.165) is 7.11 Å². The zero-order valence-corrected chi connectivity index (χ0v) is 4.60. The first kappa shape index (κ1) is 16.9. The van der Waals surface area contributed by atoms with Crippen LogP contribution in [0.3, 0.4) is 0 Å². The first-order valence-electron chi connectivity index (χ1n) is 1.60. The van der Waals surface area contributed by atoms with E-state index in [1.807, 2.05) is 0 Å². The van der Waals surface area contributed by atoms with Crippen LogP contribution in [0.5, 0.6) is 0 Å². The SMILES string of the molecule is CN.CN.CO. The van der Waals surface area contributed by atoms with Crippen molar-refractivity contribution in [2.24, 2.45) is 11.5 Å². The maximum Gasteiger partial charge on any atom is 0.0319 e. The molecule has 0 aliphatic rings. The van der Waals surface area contributed by atoms with Gasteiger partial charge in [0.2, 0.25) is 0 Å². The van der Waals surface area contributed by atoms with E-state index in [1.165, 1.54) is 14.1 Å². The lowest BCUT2D eigenvalue weighted by Crippen LogP contribution is -1.69. The van der Waals surface area contributed by atoms with Crippen molar-refractivity contribution < 1.29 is 5.11 Å². The summed E-state index contributed by atoms with van der Waals surface area (Å²) in [4.78, 5) is 0. The van der Waals surface area contributed by atoms with Crippen molar-refractivity contribution in [3.63, 3.8) is 0 Å². The average molecular weight is 94.2 g/mol. The molecule has 3 heteroatoms. The van der Waals surface area contributed by atoms with E-state index >= 15 is 0 Å². The fourth-order valence-corrected chi connectivity index (χ4v) is 0. The Hall–Kier alpha value is -0.120. The third-order valence-electron chi connectivity index (χ3n) is 0. The zero-order valence-electron chi connectivity index (χ0n) is 4.60. The molecule has 0 heterocycles. The van der Waals surface area contributed by atoms with Gasteiger partial charge in [-0.2, -0.15) is 0 Å². The Morgan fingerprint density at radius 3 is 0.833 bits per heavy atom. The van der Waals surface area contributed by atoms with Crippen LogP contribution >= 0.6 is 0 Å². The van der Waals surface area contributed by atoms with Crippen LogP contribution in [0.25, 0.3) is 0 Å². The molecule has 0 rings (SSSR count). The zero-order chi connectivity index (χ0) is 6.00. The topological polar surface area (TPSA) is 72.3 Å². The van der Waals surface area contributed by atoms with Gasteiger partial charge in [-0.15, -0.1) is 0 Å². The van der Waals surface area contributed by atoms with E-state index in [4.69, 9.17) is 5.11 Å². The second-order valence-corrected chi connectivity index (χ2v) is 0. The van der Waals surface area contributed by atoms with E-state index in [9.17, 15) is 0 Å². The summed E-state index contributed by atoms with van der Waals surface area (Å²) in [5, 5.41) is 7.00. The fraction of sp³-hybridized carbons (Fsp3) is 1.00. The highest BCUT2D eigenvalue weighted by Crippen LogP contribution is 0.755. The molecular formula is C3H14N2O. The molecule has 0 aliphatic heterocycles. The fourth-order valence-electron chi connectivity index (χ4n) is 0. The number of nitrogens with two attached hydrogens (primary N) is 2. The lowest BCUT2D eigenvalue weighted by atomic mass is 11.6. The molecule has 5 N–H and O–H groups in total. The second-order valence-electron chi connectivity index (χ2n) is 0. The van der Waals surface area contributed by atoms with Gasteiger partial charge in [-0.05, 0) is 14.1 Å². The summed E-state index contributed by atoms with van der Waals surface area (Å²) < 4.78 is 0. The lowest BCUT2D eigenvalue weighted by Gasteiger charge is -1.21. The molecule has 0 unspecified atom stereocenters. The summed E-state index contributed by atoms with van der Waals surface area (Å²) >= 11 is 0. The van der Waals surface area contributed by atoms with Gasteiger partial charge in [0.25, 0.3) is 0 Å². The van der Waals surface area contributed by atoms with Crippen LogP contribution in [0.1, 0.15) is 0 Å². The second kappa shape index (κ2) is 5100. The minimum Gasteiger partial charge on any atom is -0.400 e. The van der Waals surface area contributed by atoms with E-state index in [1.54, 1.807) is 0 Å². The summed E-state index contributed by atoms with van der Waals surface area (Å²) in [5.41, 5.74) is 9.00. The standard InChI is InChI=1S/2CH5N.CH4O/c3*1-2/h2*2H2,1H3;2H,1H3. The first-order chi connectivity index (χ1) is 3.00. The van der Waals surface area contributed by atoms with Crippen LogP contribution in [-0.4, -0.2) is 26.3 Å². The Balaban J connectivity index is -0.0000000225. The van der Waals surface area contributed by atoms with E-state index in [-0.39, 0.29) is 0 Å². The predicted octanol–water partition coefficient (Wildman–Crippen LogP) is -1.24. The predicted molar refractivity (Wildman–Crippen MR) is 28.4 cm³/mol. The molecule has 0 saturated heterocycles. The van der Waals surface area contributed by atoms with Gasteiger partial charge in [-0.25, -0.2) is 0 Å². The number of aliphatic hydroxyl groups is 1. The molecule has 42 valence electrons. The van der Waals surface area contributed by atoms with Crippen LogP contribution in [0, 0.1) is 0 Å². The Labute approximate surface area is 39.0 Å². The summed E-state index contributed by atoms with van der Waals surface area (Å²) in [6, 6.07) is 0. The Kier molecular flexibility index (Phi) is 14400. The number of hydrogen-bond acceptors (Lipinski definition) is 3. The highest BCUT2D eigenvalue weighted by Gasteiger charge is 0.841. The molecule has 3 nitrogen and oxygen atoms in total. The minimum atomic E-state index is 1.00. The Bertz CT molecular complexity index is 8.75. The van der Waals surface area contributed by atoms with E-state index in [2.05, 4.69) is 11.5 Å². The molecule has 0 aromatic rings. The molecule has 0 saturated carbocycles. The monoisotopic (exact) mass is 94.1 g/mol. The summed E-state index contributed by atoms with van der Waals surface area (Å²) in [6.07, 6.45) is 0. The van der Waals surface area contributed by atoms with Crippen molar-refractivity contribution in [3.8, 4) is 0 Å². The van der Waals surface area contributed by atoms with Gasteiger partial charge in [-0.3, -0.25) is 0 Å². The first-order valence-corrected chi connectivity index (χ1v) is 1.60. The van der Waals surface area contributed by atoms with Crippen LogP contribution in [0.4, 0.5) is 0 Å². The van der Waals surface area contributed by atoms with Crippen LogP contribution in [0.2, 0.25) is 0 Å². The number of hydrogen-bond donors (Lipinski definition) is 3. The van der Waals surface area contributed by atoms with Crippen molar-refractivity contribution in [2.75, 3.05) is 21.2 Å². The normalized spacial score (nSPS) is 3.00. The maximum atomic E-state index is 7.00. The van der Waals surface area contributed by atoms with Gasteiger partial charge in [-0.1, -0.05) is 0 Å². The molecule has 0 amide bonds. The number of rotatable bonds is 0. The van der Waals surface area contributed by atoms with Gasteiger partial charge >= 0.3 is 0 Å². The molecule has 6 heavy (non-hydrogen) atoms. The molecule has 0 aliphatic carbocycles. The van der Waals surface area contributed by atoms with Gasteiger partial charge in [0, 0.05) is 7.11 Å². The smallest absolute Gasteiger partial charge is 0.0319 e. The minimum absolute atomic E-state index is 1.00. The molecule has 0 atom stereocenters. The Morgan fingerprint density at radius 2 is 0.833 bits per heavy atom. The lowest BCUT2D eigenvalue weighted by molar-refractivity contribution is 0.399. The molecule has 0 bridgehead atoms. The van der Waals surface area contributed by atoms with Gasteiger partial charge in [0.05, 0.1) is 0 Å². The van der Waals surface area contributed by atoms with Crippen molar-refractivity contribution in [3.05, 3.63) is 0 Å². The van der Waals surface area contributed by atoms with Crippen LogP contribution < -0.4 is 11.5 Å². The largest absolute Gasteiger partial charge is 0.400 e. The maximum absolute atomic E-state index is 7.00. The highest BCUT2D eigenvalue weighted by molar-refractivity contribution is 3.54. The van der Waals surface area contributed by atoms with Crippen LogP contribution in [-0.2, 0) is 0 Å². The molecular weight excluding hydrogens is 80.0 g/mol. The Morgan fingerprint density at radius 1 is 0.833 bits per heavy atom. The average Bonchev–Trinajstić information content (AvgIpc) is 1.81. The van der Waals surface area contributed by atoms with Crippen molar-refractivity contribution in [2.45, 2.75) is 0 Å². The van der Waals surface area contributed by atoms with Crippen molar-refractivity contribution in [1.82, 2.24) is 0 Å². The third kappa shape index (κ3) is 2230. The molecule has 0 aromatic carbocycles. The molecule has 0 aromatic heterocycles. The van der Waals surface area contributed by atoms with Crippen molar-refractivity contribution in [1.29, 1.82) is 0 Å². The molecule has 0 radical (unpaired) electrons. The van der Waals surface area contributed by atoms with Gasteiger partial charge in [0.15, 0.2) is 0 Å². The highest BCUT2D eigenvalue weighted by atomic mass is 16.2. The van der Waals surface area contributed by atoms with Crippen molar-refractivity contribution >= 4 is 0 Å². The van der Waals surface area contributed by atoms with Gasteiger partial charge < -0.3 is 16.6 Å². The number of aliphatic hydroxyl groups excluding tert-OH is 1. The quantitative estimate of drug-likeness (QED) is 0.351. The molecule has 0 fully saturated rings. The summed E-state index contributed by atoms with van der Waals surface area (Å²) in [7, 11) is 4.00. The van der Waals surface area contributed by atoms with Crippen LogP contribution in [0.15, 0.2) is 0 Å². The molecule has 0 spiro atoms. The summed E-state index contributed by atoms with van der Waals surface area (Å²) in [6.45, 7) is 0. The van der Waals surface area contributed by atoms with E-state index in [0.29, 0.717) is 0 Å².